The number of benzene rings is 1. The fraction of sp³-hybridized carbons (Fsp3) is 0.500. The summed E-state index contributed by atoms with van der Waals surface area (Å²) in [5, 5.41) is 0. The highest BCUT2D eigenvalue weighted by atomic mass is 32.2. The van der Waals surface area contributed by atoms with Gasteiger partial charge in [0.25, 0.3) is 0 Å². The van der Waals surface area contributed by atoms with Crippen LogP contribution < -0.4 is 9.62 Å². The number of carbonyl (C=O) groups is 1. The van der Waals surface area contributed by atoms with E-state index >= 15 is 0 Å². The van der Waals surface area contributed by atoms with Crippen LogP contribution in [0.5, 0.6) is 0 Å². The molecule has 1 aromatic carbocycles. The molecule has 1 aliphatic carbocycles. The average molecular weight is 294 g/mol. The maximum absolute atomic E-state index is 12.2. The summed E-state index contributed by atoms with van der Waals surface area (Å²) in [7, 11) is -3.42. The predicted octanol–water partition coefficient (Wildman–Crippen LogP) is 1.43. The number of hydrogen-bond acceptors (Lipinski definition) is 3. The summed E-state index contributed by atoms with van der Waals surface area (Å²) >= 11 is 0. The van der Waals surface area contributed by atoms with Crippen LogP contribution in [0, 0.1) is 0 Å². The Hall–Kier alpha value is -1.40. The van der Waals surface area contributed by atoms with Gasteiger partial charge in [-0.3, -0.25) is 4.79 Å². The molecule has 0 spiro atoms. The van der Waals surface area contributed by atoms with Gasteiger partial charge in [0.2, 0.25) is 15.9 Å². The van der Waals surface area contributed by atoms with Crippen molar-refractivity contribution in [3.8, 4) is 0 Å². The van der Waals surface area contributed by atoms with Crippen LogP contribution in [0.3, 0.4) is 0 Å². The third-order valence-electron chi connectivity index (χ3n) is 3.76. The lowest BCUT2D eigenvalue weighted by Crippen LogP contribution is -2.28. The van der Waals surface area contributed by atoms with E-state index < -0.39 is 10.0 Å². The van der Waals surface area contributed by atoms with Crippen LogP contribution in [0.25, 0.3) is 0 Å². The topological polar surface area (TPSA) is 66.5 Å². The summed E-state index contributed by atoms with van der Waals surface area (Å²) in [5.41, 5.74) is 1.78. The fourth-order valence-corrected chi connectivity index (χ4v) is 3.84. The second kappa shape index (κ2) is 4.86. The van der Waals surface area contributed by atoms with Gasteiger partial charge < -0.3 is 4.90 Å². The monoisotopic (exact) mass is 294 g/mol. The maximum atomic E-state index is 12.2. The Bertz CT molecular complexity index is 650. The number of hydrogen-bond donors (Lipinski definition) is 1. The zero-order valence-electron chi connectivity index (χ0n) is 11.4. The van der Waals surface area contributed by atoms with Crippen molar-refractivity contribution in [3.05, 3.63) is 23.8 Å². The minimum Gasteiger partial charge on any atom is -0.312 e. The van der Waals surface area contributed by atoms with E-state index in [9.17, 15) is 13.2 Å². The largest absolute Gasteiger partial charge is 0.312 e. The van der Waals surface area contributed by atoms with Gasteiger partial charge in [0.05, 0.1) is 4.90 Å². The molecule has 5 nitrogen and oxygen atoms in total. The van der Waals surface area contributed by atoms with Crippen LogP contribution in [0.2, 0.25) is 0 Å². The first-order valence-electron chi connectivity index (χ1n) is 6.97. The smallest absolute Gasteiger partial charge is 0.240 e. The fourth-order valence-electron chi connectivity index (χ4n) is 2.48. The van der Waals surface area contributed by atoms with Crippen molar-refractivity contribution in [1.82, 2.24) is 4.72 Å². The molecule has 1 heterocycles. The third-order valence-corrected chi connectivity index (χ3v) is 5.28. The second-order valence-corrected chi connectivity index (χ2v) is 7.05. The van der Waals surface area contributed by atoms with Gasteiger partial charge in [0.1, 0.15) is 0 Å². The van der Waals surface area contributed by atoms with E-state index in [2.05, 4.69) is 4.72 Å². The quantitative estimate of drug-likeness (QED) is 0.913. The first-order valence-corrected chi connectivity index (χ1v) is 8.45. The zero-order valence-corrected chi connectivity index (χ0v) is 12.2. The molecule has 0 atom stereocenters. The molecule has 20 heavy (non-hydrogen) atoms. The van der Waals surface area contributed by atoms with Crippen LogP contribution in [0.1, 0.15) is 31.7 Å². The summed E-state index contributed by atoms with van der Waals surface area (Å²) < 4.78 is 27.0. The molecule has 108 valence electrons. The Morgan fingerprint density at radius 2 is 2.15 bits per heavy atom. The molecule has 0 aromatic heterocycles. The number of amides is 1. The molecule has 0 bridgehead atoms. The van der Waals surface area contributed by atoms with Crippen molar-refractivity contribution >= 4 is 21.6 Å². The number of nitrogens with one attached hydrogen (secondary N) is 1. The summed E-state index contributed by atoms with van der Waals surface area (Å²) in [6.45, 7) is 2.47. The van der Waals surface area contributed by atoms with Crippen LogP contribution in [-0.2, 0) is 21.2 Å². The molecule has 1 aliphatic heterocycles. The molecule has 6 heteroatoms. The van der Waals surface area contributed by atoms with E-state index in [4.69, 9.17) is 0 Å². The maximum Gasteiger partial charge on any atom is 0.240 e. The van der Waals surface area contributed by atoms with Crippen molar-refractivity contribution in [2.24, 2.45) is 0 Å². The zero-order chi connectivity index (χ0) is 14.3. The summed E-state index contributed by atoms with van der Waals surface area (Å²) in [5.74, 6) is 0.0791. The summed E-state index contributed by atoms with van der Waals surface area (Å²) in [6, 6.07) is 5.14. The second-order valence-electron chi connectivity index (χ2n) is 5.34. The highest BCUT2D eigenvalue weighted by Crippen LogP contribution is 2.31. The van der Waals surface area contributed by atoms with Crippen molar-refractivity contribution < 1.29 is 13.2 Å². The first-order chi connectivity index (χ1) is 9.51. The highest BCUT2D eigenvalue weighted by molar-refractivity contribution is 7.89. The Kier molecular flexibility index (Phi) is 3.30. The minimum atomic E-state index is -3.42. The van der Waals surface area contributed by atoms with Crippen LogP contribution in [0.15, 0.2) is 23.1 Å². The lowest BCUT2D eigenvalue weighted by Gasteiger charge is -2.16. The number of anilines is 1. The molecule has 1 amide bonds. The van der Waals surface area contributed by atoms with E-state index in [0.29, 0.717) is 24.3 Å². The van der Waals surface area contributed by atoms with Gasteiger partial charge in [-0.15, -0.1) is 0 Å². The molecule has 2 aliphatic rings. The van der Waals surface area contributed by atoms with Gasteiger partial charge in [-0.25, -0.2) is 13.1 Å². The molecule has 1 aromatic rings. The van der Waals surface area contributed by atoms with Gasteiger partial charge in [0, 0.05) is 24.7 Å². The van der Waals surface area contributed by atoms with Gasteiger partial charge in [-0.2, -0.15) is 0 Å². The van der Waals surface area contributed by atoms with E-state index in [1.54, 1.807) is 23.1 Å². The predicted molar refractivity (Wildman–Crippen MR) is 76.1 cm³/mol. The molecule has 1 fully saturated rings. The molecule has 1 N–H and O–H groups in total. The lowest BCUT2D eigenvalue weighted by atomic mass is 10.2. The number of carbonyl (C=O) groups excluding carboxylic acids is 1. The van der Waals surface area contributed by atoms with E-state index in [0.717, 1.165) is 24.1 Å². The Morgan fingerprint density at radius 1 is 1.40 bits per heavy atom. The molecule has 0 unspecified atom stereocenters. The molecule has 3 rings (SSSR count). The SMILES string of the molecule is CCC(=O)N1CCc2cc(S(=O)(=O)NC3CC3)ccc21. The van der Waals surface area contributed by atoms with Crippen LogP contribution >= 0.6 is 0 Å². The Morgan fingerprint density at radius 3 is 2.80 bits per heavy atom. The van der Waals surface area contributed by atoms with Gasteiger partial charge in [-0.05, 0) is 43.0 Å². The minimum absolute atomic E-state index is 0.0791. The molecular weight excluding hydrogens is 276 g/mol. The van der Waals surface area contributed by atoms with Gasteiger partial charge in [-0.1, -0.05) is 6.92 Å². The van der Waals surface area contributed by atoms with Crippen LogP contribution in [0.4, 0.5) is 5.69 Å². The number of sulfonamides is 1. The van der Waals surface area contributed by atoms with Crippen molar-refractivity contribution in [1.29, 1.82) is 0 Å². The van der Waals surface area contributed by atoms with Gasteiger partial charge in [0.15, 0.2) is 0 Å². The van der Waals surface area contributed by atoms with E-state index in [-0.39, 0.29) is 11.9 Å². The molecule has 1 saturated carbocycles. The molecule has 0 radical (unpaired) electrons. The lowest BCUT2D eigenvalue weighted by molar-refractivity contribution is -0.118. The van der Waals surface area contributed by atoms with Gasteiger partial charge >= 0.3 is 0 Å². The highest BCUT2D eigenvalue weighted by Gasteiger charge is 2.30. The summed E-state index contributed by atoms with van der Waals surface area (Å²) in [6.07, 6.45) is 3.02. The Labute approximate surface area is 119 Å². The van der Waals surface area contributed by atoms with Crippen molar-refractivity contribution in [3.63, 3.8) is 0 Å². The standard InChI is InChI=1S/C14H18N2O3S/c1-2-14(17)16-8-7-10-9-12(5-6-13(10)16)20(18,19)15-11-3-4-11/h5-6,9,11,15H,2-4,7-8H2,1H3. The normalized spacial score (nSPS) is 18.1. The molecule has 0 saturated heterocycles. The van der Waals surface area contributed by atoms with E-state index in [1.165, 1.54) is 0 Å². The number of fused-ring (bicyclic) bond motifs is 1. The average Bonchev–Trinajstić information content (AvgIpc) is 3.12. The summed E-state index contributed by atoms with van der Waals surface area (Å²) in [4.78, 5) is 13.8. The third kappa shape index (κ3) is 2.45. The Balaban J connectivity index is 1.89. The van der Waals surface area contributed by atoms with Crippen molar-refractivity contribution in [2.45, 2.75) is 43.5 Å². The van der Waals surface area contributed by atoms with Crippen molar-refractivity contribution in [2.75, 3.05) is 11.4 Å². The number of nitrogens with zero attached hydrogens (tertiary/aromatic N) is 1. The van der Waals surface area contributed by atoms with Crippen LogP contribution in [-0.4, -0.2) is 26.9 Å². The van der Waals surface area contributed by atoms with E-state index in [1.807, 2.05) is 6.92 Å². The first kappa shape index (κ1) is 13.6. The number of rotatable bonds is 4. The molecular formula is C14H18N2O3S.